The number of likely N-dealkylation sites (tertiary alicyclic amines) is 1. The van der Waals surface area contributed by atoms with Crippen molar-refractivity contribution in [3.05, 3.63) is 59.3 Å². The van der Waals surface area contributed by atoms with E-state index in [1.54, 1.807) is 12.1 Å². The topological polar surface area (TPSA) is 82.5 Å². The quantitative estimate of drug-likeness (QED) is 0.853. The van der Waals surface area contributed by atoms with Gasteiger partial charge in [0.25, 0.3) is 0 Å². The van der Waals surface area contributed by atoms with E-state index in [1.807, 2.05) is 29.2 Å². The normalized spacial score (nSPS) is 14.0. The lowest BCUT2D eigenvalue weighted by Gasteiger charge is -2.15. The first-order chi connectivity index (χ1) is 11.6. The fourth-order valence-corrected chi connectivity index (χ4v) is 2.70. The third-order valence-electron chi connectivity index (χ3n) is 4.01. The van der Waals surface area contributed by atoms with Crippen LogP contribution in [0.3, 0.4) is 0 Å². The average Bonchev–Trinajstić information content (AvgIpc) is 2.99. The minimum atomic E-state index is -1.04. The van der Waals surface area contributed by atoms with Gasteiger partial charge in [-0.15, -0.1) is 0 Å². The van der Waals surface area contributed by atoms with E-state index in [1.165, 1.54) is 6.07 Å². The van der Waals surface area contributed by atoms with E-state index in [4.69, 9.17) is 5.11 Å². The summed E-state index contributed by atoms with van der Waals surface area (Å²) in [6.07, 6.45) is 1.60. The zero-order valence-corrected chi connectivity index (χ0v) is 13.2. The molecule has 1 aliphatic heterocycles. The monoisotopic (exact) mass is 325 g/mol. The number of carbonyl (C=O) groups excluding carboxylic acids is 1. The van der Waals surface area contributed by atoms with Gasteiger partial charge in [-0.3, -0.25) is 4.79 Å². The summed E-state index contributed by atoms with van der Waals surface area (Å²) in [5, 5.41) is 12.1. The zero-order chi connectivity index (χ0) is 16.9. The van der Waals surface area contributed by atoms with Crippen molar-refractivity contribution in [2.24, 2.45) is 0 Å². The zero-order valence-electron chi connectivity index (χ0n) is 13.2. The number of pyridine rings is 1. The van der Waals surface area contributed by atoms with Crippen LogP contribution in [0.5, 0.6) is 0 Å². The van der Waals surface area contributed by atoms with E-state index in [0.29, 0.717) is 25.3 Å². The van der Waals surface area contributed by atoms with Gasteiger partial charge in [0.1, 0.15) is 5.82 Å². The number of hydrogen-bond donors (Lipinski definition) is 2. The number of nitrogens with one attached hydrogen (secondary N) is 1. The number of aromatic carboxylic acids is 1. The third-order valence-corrected chi connectivity index (χ3v) is 4.01. The van der Waals surface area contributed by atoms with Gasteiger partial charge in [-0.05, 0) is 29.7 Å². The summed E-state index contributed by atoms with van der Waals surface area (Å²) in [4.78, 5) is 28.5. The number of anilines is 1. The molecular weight excluding hydrogens is 306 g/mol. The van der Waals surface area contributed by atoms with Gasteiger partial charge in [0.05, 0.1) is 0 Å². The Morgan fingerprint density at radius 2 is 1.92 bits per heavy atom. The van der Waals surface area contributed by atoms with Crippen molar-refractivity contribution in [2.75, 3.05) is 11.9 Å². The van der Waals surface area contributed by atoms with Gasteiger partial charge in [0.2, 0.25) is 5.91 Å². The van der Waals surface area contributed by atoms with Crippen molar-refractivity contribution in [2.45, 2.75) is 25.9 Å². The maximum Gasteiger partial charge on any atom is 0.354 e. The molecule has 2 aromatic rings. The smallest absolute Gasteiger partial charge is 0.354 e. The first kappa shape index (κ1) is 16.0. The first-order valence-corrected chi connectivity index (χ1v) is 7.91. The Morgan fingerprint density at radius 3 is 2.58 bits per heavy atom. The number of amides is 1. The molecule has 124 valence electrons. The number of nitrogens with zero attached hydrogens (tertiary/aromatic N) is 2. The molecule has 0 atom stereocenters. The maximum atomic E-state index is 11.6. The molecule has 0 unspecified atom stereocenters. The van der Waals surface area contributed by atoms with E-state index in [-0.39, 0.29) is 11.6 Å². The molecule has 3 rings (SSSR count). The van der Waals surface area contributed by atoms with Crippen LogP contribution in [0.2, 0.25) is 0 Å². The Balaban J connectivity index is 1.57. The Hall–Kier alpha value is -2.89. The van der Waals surface area contributed by atoms with Gasteiger partial charge < -0.3 is 15.3 Å². The fraction of sp³-hybridized carbons (Fsp3) is 0.278. The predicted octanol–water partition coefficient (Wildman–Crippen LogP) is 2.51. The largest absolute Gasteiger partial charge is 0.477 e. The number of hydrogen-bond acceptors (Lipinski definition) is 4. The van der Waals surface area contributed by atoms with E-state index in [0.717, 1.165) is 24.1 Å². The molecule has 0 radical (unpaired) electrons. The highest BCUT2D eigenvalue weighted by molar-refractivity contribution is 5.85. The molecule has 1 fully saturated rings. The van der Waals surface area contributed by atoms with Crippen LogP contribution in [0.15, 0.2) is 42.5 Å². The minimum absolute atomic E-state index is 0.0191. The Morgan fingerprint density at radius 1 is 1.17 bits per heavy atom. The maximum absolute atomic E-state index is 11.6. The van der Waals surface area contributed by atoms with Crippen LogP contribution in [0.25, 0.3) is 0 Å². The minimum Gasteiger partial charge on any atom is -0.477 e. The highest BCUT2D eigenvalue weighted by atomic mass is 16.4. The predicted molar refractivity (Wildman–Crippen MR) is 89.6 cm³/mol. The summed E-state index contributed by atoms with van der Waals surface area (Å²) in [6, 6.07) is 12.9. The molecule has 0 spiro atoms. The Bertz CT molecular complexity index is 743. The molecule has 1 saturated heterocycles. The lowest BCUT2D eigenvalue weighted by Crippen LogP contribution is -2.23. The van der Waals surface area contributed by atoms with Crippen LogP contribution < -0.4 is 5.32 Å². The fourth-order valence-electron chi connectivity index (χ4n) is 2.70. The van der Waals surface area contributed by atoms with Crippen molar-refractivity contribution < 1.29 is 14.7 Å². The molecule has 1 amide bonds. The van der Waals surface area contributed by atoms with Crippen molar-refractivity contribution in [3.8, 4) is 0 Å². The summed E-state index contributed by atoms with van der Waals surface area (Å²) < 4.78 is 0. The average molecular weight is 325 g/mol. The Labute approximate surface area is 140 Å². The molecule has 0 bridgehead atoms. The third kappa shape index (κ3) is 3.90. The molecule has 6 heteroatoms. The molecule has 1 aromatic heterocycles. The van der Waals surface area contributed by atoms with Gasteiger partial charge in [0, 0.05) is 26.1 Å². The molecule has 1 aliphatic rings. The van der Waals surface area contributed by atoms with Crippen LogP contribution >= 0.6 is 0 Å². The molecule has 2 N–H and O–H groups in total. The summed E-state index contributed by atoms with van der Waals surface area (Å²) in [5.74, 6) is -0.286. The second kappa shape index (κ2) is 7.12. The van der Waals surface area contributed by atoms with E-state index >= 15 is 0 Å². The van der Waals surface area contributed by atoms with E-state index < -0.39 is 5.97 Å². The van der Waals surface area contributed by atoms with E-state index in [9.17, 15) is 9.59 Å². The van der Waals surface area contributed by atoms with Gasteiger partial charge in [0.15, 0.2) is 5.69 Å². The molecule has 2 heterocycles. The Kier molecular flexibility index (Phi) is 4.74. The van der Waals surface area contributed by atoms with Crippen molar-refractivity contribution in [1.82, 2.24) is 9.88 Å². The standard InChI is InChI=1S/C18H19N3O3/c22-17-5-2-10-21(17)12-14-8-6-13(7-9-14)11-19-16-4-1-3-15(20-16)18(23)24/h1,3-4,6-9H,2,5,10-12H2,(H,19,20)(H,23,24). The summed E-state index contributed by atoms with van der Waals surface area (Å²) in [5.41, 5.74) is 2.19. The molecule has 1 aromatic carbocycles. The van der Waals surface area contributed by atoms with Crippen LogP contribution in [0.4, 0.5) is 5.82 Å². The van der Waals surface area contributed by atoms with Crippen LogP contribution in [-0.4, -0.2) is 33.4 Å². The lowest BCUT2D eigenvalue weighted by molar-refractivity contribution is -0.128. The number of carbonyl (C=O) groups is 2. The molecule has 6 nitrogen and oxygen atoms in total. The summed E-state index contributed by atoms with van der Waals surface area (Å²) in [6.45, 7) is 2.06. The summed E-state index contributed by atoms with van der Waals surface area (Å²) in [7, 11) is 0. The number of carboxylic acid groups (broad SMARTS) is 1. The molecule has 0 aliphatic carbocycles. The van der Waals surface area contributed by atoms with E-state index in [2.05, 4.69) is 10.3 Å². The van der Waals surface area contributed by atoms with Crippen molar-refractivity contribution >= 4 is 17.7 Å². The second-order valence-electron chi connectivity index (χ2n) is 5.80. The highest BCUT2D eigenvalue weighted by Crippen LogP contribution is 2.15. The molecular formula is C18H19N3O3. The first-order valence-electron chi connectivity index (χ1n) is 7.91. The van der Waals surface area contributed by atoms with Gasteiger partial charge >= 0.3 is 5.97 Å². The van der Waals surface area contributed by atoms with Gasteiger partial charge in [-0.2, -0.15) is 0 Å². The van der Waals surface area contributed by atoms with Crippen LogP contribution in [0, 0.1) is 0 Å². The van der Waals surface area contributed by atoms with Crippen LogP contribution in [-0.2, 0) is 17.9 Å². The second-order valence-corrected chi connectivity index (χ2v) is 5.80. The molecule has 24 heavy (non-hydrogen) atoms. The van der Waals surface area contributed by atoms with Gasteiger partial charge in [-0.25, -0.2) is 9.78 Å². The van der Waals surface area contributed by atoms with Crippen LogP contribution in [0.1, 0.15) is 34.5 Å². The number of benzene rings is 1. The lowest BCUT2D eigenvalue weighted by atomic mass is 10.1. The van der Waals surface area contributed by atoms with Crippen molar-refractivity contribution in [3.63, 3.8) is 0 Å². The highest BCUT2D eigenvalue weighted by Gasteiger charge is 2.19. The molecule has 0 saturated carbocycles. The summed E-state index contributed by atoms with van der Waals surface area (Å²) >= 11 is 0. The van der Waals surface area contributed by atoms with Gasteiger partial charge in [-0.1, -0.05) is 30.3 Å². The number of carboxylic acids is 1. The number of aromatic nitrogens is 1. The van der Waals surface area contributed by atoms with Crippen molar-refractivity contribution in [1.29, 1.82) is 0 Å². The number of rotatable bonds is 6. The SMILES string of the molecule is O=C(O)c1cccc(NCc2ccc(CN3CCCC3=O)cc2)n1.